The zero-order valence-electron chi connectivity index (χ0n) is 17.8. The third kappa shape index (κ3) is 5.94. The number of nitrogens with two attached hydrogens (primary N) is 1. The van der Waals surface area contributed by atoms with Gasteiger partial charge in [-0.2, -0.15) is 0 Å². The fourth-order valence-corrected chi connectivity index (χ4v) is 3.47. The van der Waals surface area contributed by atoms with E-state index in [4.69, 9.17) is 10.5 Å². The van der Waals surface area contributed by atoms with Crippen molar-refractivity contribution in [2.45, 2.75) is 32.4 Å². The number of amides is 1. The lowest BCUT2D eigenvalue weighted by Crippen LogP contribution is -2.43. The number of benzene rings is 3. The van der Waals surface area contributed by atoms with Crippen molar-refractivity contribution in [2.75, 3.05) is 13.1 Å². The first-order valence-corrected chi connectivity index (χ1v) is 10.3. The minimum absolute atomic E-state index is 0.00312. The fourth-order valence-electron chi connectivity index (χ4n) is 3.47. The minimum Gasteiger partial charge on any atom is -0.489 e. The molecule has 0 radical (unpaired) electrons. The van der Waals surface area contributed by atoms with E-state index < -0.39 is 0 Å². The summed E-state index contributed by atoms with van der Waals surface area (Å²) in [5, 5.41) is 0. The van der Waals surface area contributed by atoms with Crippen LogP contribution in [0, 0.1) is 0 Å². The van der Waals surface area contributed by atoms with Gasteiger partial charge in [0.1, 0.15) is 12.4 Å². The maximum atomic E-state index is 12.5. The van der Waals surface area contributed by atoms with E-state index in [-0.39, 0.29) is 17.9 Å². The van der Waals surface area contributed by atoms with Gasteiger partial charge >= 0.3 is 0 Å². The summed E-state index contributed by atoms with van der Waals surface area (Å²) in [5.41, 5.74) is 8.89. The highest BCUT2D eigenvalue weighted by atomic mass is 16.5. The highest BCUT2D eigenvalue weighted by Gasteiger charge is 2.26. The Balaban J connectivity index is 1.65. The summed E-state index contributed by atoms with van der Waals surface area (Å²) < 4.78 is 5.86. The molecule has 0 atom stereocenters. The maximum Gasteiger partial charge on any atom is 0.236 e. The fraction of sp³-hybridized carbons (Fsp3) is 0.269. The van der Waals surface area contributed by atoms with Gasteiger partial charge in [-0.25, -0.2) is 0 Å². The van der Waals surface area contributed by atoms with Crippen LogP contribution in [-0.4, -0.2) is 23.9 Å². The third-order valence-corrected chi connectivity index (χ3v) is 5.21. The molecule has 0 aliphatic heterocycles. The van der Waals surface area contributed by atoms with Gasteiger partial charge in [0.2, 0.25) is 5.91 Å². The monoisotopic (exact) mass is 402 g/mol. The number of carbonyl (C=O) groups excluding carboxylic acids is 1. The number of carbonyl (C=O) groups is 1. The Bertz CT molecular complexity index is 922. The van der Waals surface area contributed by atoms with Crippen LogP contribution in [0.25, 0.3) is 0 Å². The van der Waals surface area contributed by atoms with E-state index >= 15 is 0 Å². The van der Waals surface area contributed by atoms with Crippen molar-refractivity contribution in [3.63, 3.8) is 0 Å². The van der Waals surface area contributed by atoms with Gasteiger partial charge in [0, 0.05) is 18.5 Å². The lowest BCUT2D eigenvalue weighted by molar-refractivity contribution is -0.131. The molecule has 4 heteroatoms. The molecule has 0 fully saturated rings. The zero-order valence-corrected chi connectivity index (χ0v) is 17.8. The molecule has 1 amide bonds. The molecule has 0 saturated heterocycles. The summed E-state index contributed by atoms with van der Waals surface area (Å²) >= 11 is 0. The minimum atomic E-state index is -0.176. The van der Waals surface area contributed by atoms with Gasteiger partial charge in [-0.15, -0.1) is 0 Å². The first-order chi connectivity index (χ1) is 14.5. The van der Waals surface area contributed by atoms with Gasteiger partial charge in [-0.1, -0.05) is 86.6 Å². The predicted octanol–water partition coefficient (Wildman–Crippen LogP) is 4.53. The van der Waals surface area contributed by atoms with Crippen molar-refractivity contribution in [1.29, 1.82) is 0 Å². The van der Waals surface area contributed by atoms with Gasteiger partial charge in [0.05, 0.1) is 6.54 Å². The van der Waals surface area contributed by atoms with Crippen LogP contribution in [0.4, 0.5) is 0 Å². The largest absolute Gasteiger partial charge is 0.489 e. The Morgan fingerprint density at radius 2 is 1.47 bits per heavy atom. The average Bonchev–Trinajstić information content (AvgIpc) is 2.79. The number of hydrogen-bond donors (Lipinski definition) is 1. The van der Waals surface area contributed by atoms with Gasteiger partial charge in [0.25, 0.3) is 0 Å². The summed E-state index contributed by atoms with van der Waals surface area (Å²) in [6, 6.07) is 28.3. The Morgan fingerprint density at radius 1 is 0.867 bits per heavy atom. The standard InChI is InChI=1S/C26H30N2O2/c1-26(2,23-11-7-4-8-12-23)20-28(25(29)17-27)18-21-13-15-24(16-14-21)30-19-22-9-5-3-6-10-22/h3-16H,17-20,27H2,1-2H3. The first-order valence-electron chi connectivity index (χ1n) is 10.3. The molecule has 3 aromatic carbocycles. The Hall–Kier alpha value is -3.11. The average molecular weight is 403 g/mol. The Labute approximate surface area is 179 Å². The van der Waals surface area contributed by atoms with Crippen LogP contribution in [0.5, 0.6) is 5.75 Å². The van der Waals surface area contributed by atoms with Crippen LogP contribution in [0.1, 0.15) is 30.5 Å². The van der Waals surface area contributed by atoms with E-state index in [9.17, 15) is 4.79 Å². The highest BCUT2D eigenvalue weighted by Crippen LogP contribution is 2.25. The van der Waals surface area contributed by atoms with Crippen molar-refractivity contribution in [3.05, 3.63) is 102 Å². The predicted molar refractivity (Wildman–Crippen MR) is 121 cm³/mol. The van der Waals surface area contributed by atoms with Crippen LogP contribution in [0.3, 0.4) is 0 Å². The second-order valence-corrected chi connectivity index (χ2v) is 8.12. The highest BCUT2D eigenvalue weighted by molar-refractivity contribution is 5.78. The van der Waals surface area contributed by atoms with E-state index in [2.05, 4.69) is 26.0 Å². The van der Waals surface area contributed by atoms with Gasteiger partial charge in [-0.05, 0) is 28.8 Å². The molecule has 0 saturated carbocycles. The quantitative estimate of drug-likeness (QED) is 0.572. The molecule has 30 heavy (non-hydrogen) atoms. The van der Waals surface area contributed by atoms with Gasteiger partial charge < -0.3 is 15.4 Å². The molecule has 2 N–H and O–H groups in total. The summed E-state index contributed by atoms with van der Waals surface area (Å²) in [7, 11) is 0. The summed E-state index contributed by atoms with van der Waals surface area (Å²) in [5.74, 6) is 0.757. The lowest BCUT2D eigenvalue weighted by atomic mass is 9.84. The molecule has 3 rings (SSSR count). The van der Waals surface area contributed by atoms with Gasteiger partial charge in [-0.3, -0.25) is 4.79 Å². The summed E-state index contributed by atoms with van der Waals surface area (Å²) in [4.78, 5) is 14.4. The van der Waals surface area contributed by atoms with Crippen LogP contribution in [0.2, 0.25) is 0 Å². The SMILES string of the molecule is CC(C)(CN(Cc1ccc(OCc2ccccc2)cc1)C(=O)CN)c1ccccc1. The molecule has 0 heterocycles. The van der Waals surface area contributed by atoms with Crippen LogP contribution < -0.4 is 10.5 Å². The van der Waals surface area contributed by atoms with E-state index in [1.165, 1.54) is 5.56 Å². The summed E-state index contributed by atoms with van der Waals surface area (Å²) in [6.45, 7) is 5.95. The van der Waals surface area contributed by atoms with E-state index in [0.29, 0.717) is 19.7 Å². The zero-order chi connectivity index (χ0) is 21.4. The number of nitrogens with zero attached hydrogens (tertiary/aromatic N) is 1. The molecule has 0 aliphatic carbocycles. The van der Waals surface area contributed by atoms with Crippen LogP contribution >= 0.6 is 0 Å². The number of ether oxygens (including phenoxy) is 1. The molecule has 0 spiro atoms. The molecule has 0 aliphatic rings. The van der Waals surface area contributed by atoms with Crippen LogP contribution in [-0.2, 0) is 23.4 Å². The Morgan fingerprint density at radius 3 is 2.07 bits per heavy atom. The molecule has 0 unspecified atom stereocenters. The molecule has 3 aromatic rings. The topological polar surface area (TPSA) is 55.6 Å². The smallest absolute Gasteiger partial charge is 0.236 e. The molecule has 0 aromatic heterocycles. The van der Waals surface area contributed by atoms with Crippen molar-refractivity contribution < 1.29 is 9.53 Å². The maximum absolute atomic E-state index is 12.5. The first kappa shape index (κ1) is 21.6. The van der Waals surface area contributed by atoms with E-state index in [1.54, 1.807) is 0 Å². The second-order valence-electron chi connectivity index (χ2n) is 8.12. The summed E-state index contributed by atoms with van der Waals surface area (Å²) in [6.07, 6.45) is 0. The van der Waals surface area contributed by atoms with E-state index in [0.717, 1.165) is 16.9 Å². The molecule has 4 nitrogen and oxygen atoms in total. The number of hydrogen-bond acceptors (Lipinski definition) is 3. The Kier molecular flexibility index (Phi) is 7.26. The molecular formula is C26H30N2O2. The normalized spacial score (nSPS) is 11.2. The van der Waals surface area contributed by atoms with Crippen molar-refractivity contribution in [2.24, 2.45) is 5.73 Å². The van der Waals surface area contributed by atoms with Crippen molar-refractivity contribution in [1.82, 2.24) is 4.90 Å². The lowest BCUT2D eigenvalue weighted by Gasteiger charge is -2.33. The molecule has 0 bridgehead atoms. The van der Waals surface area contributed by atoms with Crippen LogP contribution in [0.15, 0.2) is 84.9 Å². The van der Waals surface area contributed by atoms with Crippen molar-refractivity contribution in [3.8, 4) is 5.75 Å². The third-order valence-electron chi connectivity index (χ3n) is 5.21. The number of rotatable bonds is 9. The van der Waals surface area contributed by atoms with Crippen molar-refractivity contribution >= 4 is 5.91 Å². The second kappa shape index (κ2) is 10.1. The molecule has 156 valence electrons. The molecular weight excluding hydrogens is 372 g/mol. The van der Waals surface area contributed by atoms with Gasteiger partial charge in [0.15, 0.2) is 0 Å². The van der Waals surface area contributed by atoms with E-state index in [1.807, 2.05) is 77.7 Å².